The normalized spacial score (nSPS) is 9.14. The fourth-order valence-electron chi connectivity index (χ4n) is 0.841. The first-order chi connectivity index (χ1) is 6.72. The van der Waals surface area contributed by atoms with Gasteiger partial charge >= 0.3 is 0 Å². The predicted octanol–water partition coefficient (Wildman–Crippen LogP) is 2.04. The van der Waals surface area contributed by atoms with Crippen LogP contribution in [0.1, 0.15) is 12.8 Å². The van der Waals surface area contributed by atoms with Crippen molar-refractivity contribution in [3.05, 3.63) is 21.9 Å². The monoisotopic (exact) mass is 300 g/mol. The van der Waals surface area contributed by atoms with Gasteiger partial charge in [0.2, 0.25) is 5.91 Å². The summed E-state index contributed by atoms with van der Waals surface area (Å²) >= 11 is 2.15. The number of pyridine rings is 1. The number of rotatable bonds is 3. The summed E-state index contributed by atoms with van der Waals surface area (Å²) in [4.78, 5) is 15.2. The number of aromatic nitrogens is 1. The summed E-state index contributed by atoms with van der Waals surface area (Å²) in [6, 6.07) is 3.64. The number of anilines is 1. The highest BCUT2D eigenvalue weighted by atomic mass is 127. The van der Waals surface area contributed by atoms with Crippen molar-refractivity contribution >= 4 is 34.3 Å². The minimum Gasteiger partial charge on any atom is -0.311 e. The summed E-state index contributed by atoms with van der Waals surface area (Å²) in [5, 5.41) is 2.66. The van der Waals surface area contributed by atoms with E-state index in [0.29, 0.717) is 18.7 Å². The molecule has 1 aromatic heterocycles. The maximum atomic E-state index is 11.2. The Hall–Kier alpha value is -1.09. The molecule has 3 nitrogen and oxygen atoms in total. The van der Waals surface area contributed by atoms with Gasteiger partial charge in [0.15, 0.2) is 0 Å². The van der Waals surface area contributed by atoms with Crippen molar-refractivity contribution in [2.24, 2.45) is 0 Å². The van der Waals surface area contributed by atoms with E-state index in [1.165, 1.54) is 0 Å². The molecule has 72 valence electrons. The van der Waals surface area contributed by atoms with Gasteiger partial charge in [-0.25, -0.2) is 4.98 Å². The van der Waals surface area contributed by atoms with E-state index in [9.17, 15) is 4.79 Å². The first kappa shape index (κ1) is 11.0. The first-order valence-electron chi connectivity index (χ1n) is 4.07. The molecule has 1 rings (SSSR count). The summed E-state index contributed by atoms with van der Waals surface area (Å²) < 4.78 is 1.03. The molecule has 0 aliphatic heterocycles. The third-order valence-electron chi connectivity index (χ3n) is 1.49. The van der Waals surface area contributed by atoms with E-state index >= 15 is 0 Å². The van der Waals surface area contributed by atoms with Gasteiger partial charge in [0, 0.05) is 22.6 Å². The van der Waals surface area contributed by atoms with Crippen LogP contribution in [0.15, 0.2) is 18.3 Å². The summed E-state index contributed by atoms with van der Waals surface area (Å²) in [7, 11) is 0. The Morgan fingerprint density at radius 3 is 3.00 bits per heavy atom. The number of carbonyl (C=O) groups excluding carboxylic acids is 1. The van der Waals surface area contributed by atoms with Gasteiger partial charge in [-0.1, -0.05) is 0 Å². The van der Waals surface area contributed by atoms with Crippen LogP contribution in [-0.4, -0.2) is 10.9 Å². The average Bonchev–Trinajstić information content (AvgIpc) is 2.18. The Bertz CT molecular complexity index is 353. The van der Waals surface area contributed by atoms with E-state index in [1.807, 2.05) is 6.07 Å². The molecule has 1 aromatic rings. The average molecular weight is 300 g/mol. The third kappa shape index (κ3) is 3.75. The molecular formula is C10H9IN2O. The van der Waals surface area contributed by atoms with E-state index in [-0.39, 0.29) is 5.91 Å². The molecule has 0 fully saturated rings. The topological polar surface area (TPSA) is 42.0 Å². The molecule has 0 saturated heterocycles. The van der Waals surface area contributed by atoms with Gasteiger partial charge in [-0.15, -0.1) is 12.3 Å². The van der Waals surface area contributed by atoms with Crippen LogP contribution >= 0.6 is 22.6 Å². The molecule has 0 aliphatic rings. The van der Waals surface area contributed by atoms with Crippen molar-refractivity contribution in [1.29, 1.82) is 0 Å². The number of halogens is 1. The predicted molar refractivity (Wildman–Crippen MR) is 63.7 cm³/mol. The Labute approximate surface area is 96.4 Å². The van der Waals surface area contributed by atoms with Crippen molar-refractivity contribution in [1.82, 2.24) is 4.98 Å². The highest BCUT2D eigenvalue weighted by Crippen LogP contribution is 2.07. The van der Waals surface area contributed by atoms with Crippen LogP contribution in [0.3, 0.4) is 0 Å². The first-order valence-corrected chi connectivity index (χ1v) is 5.15. The second-order valence-corrected chi connectivity index (χ2v) is 3.86. The molecular weight excluding hydrogens is 291 g/mol. The number of hydrogen-bond donors (Lipinski definition) is 1. The van der Waals surface area contributed by atoms with Gasteiger partial charge in [0.1, 0.15) is 5.82 Å². The number of nitrogens with one attached hydrogen (secondary N) is 1. The maximum absolute atomic E-state index is 11.2. The molecule has 0 unspecified atom stereocenters. The molecule has 1 amide bonds. The van der Waals surface area contributed by atoms with Gasteiger partial charge in [-0.3, -0.25) is 4.79 Å². The van der Waals surface area contributed by atoms with Gasteiger partial charge in [0.25, 0.3) is 0 Å². The molecule has 0 bridgehead atoms. The summed E-state index contributed by atoms with van der Waals surface area (Å²) in [6.45, 7) is 0. The lowest BCUT2D eigenvalue weighted by Crippen LogP contribution is -2.11. The fourth-order valence-corrected chi connectivity index (χ4v) is 1.16. The van der Waals surface area contributed by atoms with Crippen LogP contribution in [0.4, 0.5) is 5.82 Å². The molecule has 0 aromatic carbocycles. The minimum absolute atomic E-state index is 0.100. The molecule has 1 heterocycles. The molecule has 0 radical (unpaired) electrons. The Morgan fingerprint density at radius 2 is 2.43 bits per heavy atom. The van der Waals surface area contributed by atoms with Crippen molar-refractivity contribution in [2.45, 2.75) is 12.8 Å². The van der Waals surface area contributed by atoms with E-state index < -0.39 is 0 Å². The smallest absolute Gasteiger partial charge is 0.226 e. The summed E-state index contributed by atoms with van der Waals surface area (Å²) in [6.07, 6.45) is 7.53. The van der Waals surface area contributed by atoms with Crippen molar-refractivity contribution in [3.8, 4) is 12.3 Å². The number of hydrogen-bond acceptors (Lipinski definition) is 2. The Morgan fingerprint density at radius 1 is 1.64 bits per heavy atom. The summed E-state index contributed by atoms with van der Waals surface area (Å²) in [5.41, 5.74) is 0. The minimum atomic E-state index is -0.100. The number of nitrogens with zero attached hydrogens (tertiary/aromatic N) is 1. The second-order valence-electron chi connectivity index (χ2n) is 2.61. The zero-order valence-electron chi connectivity index (χ0n) is 7.46. The third-order valence-corrected chi connectivity index (χ3v) is 2.13. The second kappa shape index (κ2) is 5.60. The highest BCUT2D eigenvalue weighted by Gasteiger charge is 2.01. The van der Waals surface area contributed by atoms with Crippen molar-refractivity contribution in [3.63, 3.8) is 0 Å². The van der Waals surface area contributed by atoms with Crippen LogP contribution < -0.4 is 5.32 Å². The lowest BCUT2D eigenvalue weighted by Gasteiger charge is -2.02. The molecule has 0 atom stereocenters. The standard InChI is InChI=1S/C10H9IN2O/c1-2-3-4-10(14)13-9-6-5-8(11)7-12-9/h1,5-7H,3-4H2,(H,12,13,14). The Kier molecular flexibility index (Phi) is 4.40. The van der Waals surface area contributed by atoms with Gasteiger partial charge in [-0.2, -0.15) is 0 Å². The van der Waals surface area contributed by atoms with Crippen LogP contribution in [-0.2, 0) is 4.79 Å². The number of amides is 1. The quantitative estimate of drug-likeness (QED) is 0.685. The molecule has 0 spiro atoms. The lowest BCUT2D eigenvalue weighted by molar-refractivity contribution is -0.116. The van der Waals surface area contributed by atoms with Crippen LogP contribution in [0.2, 0.25) is 0 Å². The van der Waals surface area contributed by atoms with E-state index in [4.69, 9.17) is 6.42 Å². The van der Waals surface area contributed by atoms with Gasteiger partial charge in [0.05, 0.1) is 0 Å². The molecule has 1 N–H and O–H groups in total. The van der Waals surface area contributed by atoms with Gasteiger partial charge in [-0.05, 0) is 34.7 Å². The molecule has 0 saturated carbocycles. The van der Waals surface area contributed by atoms with Crippen LogP contribution in [0.25, 0.3) is 0 Å². The van der Waals surface area contributed by atoms with Crippen molar-refractivity contribution < 1.29 is 4.79 Å². The molecule has 4 heteroatoms. The zero-order chi connectivity index (χ0) is 10.4. The van der Waals surface area contributed by atoms with Crippen LogP contribution in [0.5, 0.6) is 0 Å². The fraction of sp³-hybridized carbons (Fsp3) is 0.200. The van der Waals surface area contributed by atoms with E-state index in [1.54, 1.807) is 12.3 Å². The Balaban J connectivity index is 2.49. The summed E-state index contributed by atoms with van der Waals surface area (Å²) in [5.74, 6) is 2.87. The lowest BCUT2D eigenvalue weighted by atomic mass is 10.3. The number of carbonyl (C=O) groups is 1. The molecule has 14 heavy (non-hydrogen) atoms. The van der Waals surface area contributed by atoms with E-state index in [0.717, 1.165) is 3.57 Å². The molecule has 0 aliphatic carbocycles. The highest BCUT2D eigenvalue weighted by molar-refractivity contribution is 14.1. The van der Waals surface area contributed by atoms with E-state index in [2.05, 4.69) is 38.8 Å². The maximum Gasteiger partial charge on any atom is 0.226 e. The number of terminal acetylenes is 1. The van der Waals surface area contributed by atoms with Crippen LogP contribution in [0, 0.1) is 15.9 Å². The zero-order valence-corrected chi connectivity index (χ0v) is 9.61. The van der Waals surface area contributed by atoms with Crippen molar-refractivity contribution in [2.75, 3.05) is 5.32 Å². The largest absolute Gasteiger partial charge is 0.311 e. The SMILES string of the molecule is C#CCCC(=O)Nc1ccc(I)cn1. The van der Waals surface area contributed by atoms with Gasteiger partial charge < -0.3 is 5.32 Å².